The normalized spacial score (nSPS) is 11.1. The van der Waals surface area contributed by atoms with Crippen molar-refractivity contribution in [1.29, 1.82) is 0 Å². The van der Waals surface area contributed by atoms with Crippen molar-refractivity contribution in [1.82, 2.24) is 19.7 Å². The van der Waals surface area contributed by atoms with Gasteiger partial charge in [-0.25, -0.2) is 9.97 Å². The van der Waals surface area contributed by atoms with Gasteiger partial charge in [0.05, 0.1) is 16.4 Å². The highest BCUT2D eigenvalue weighted by Crippen LogP contribution is 2.28. The van der Waals surface area contributed by atoms with Crippen LogP contribution in [0.2, 0.25) is 0 Å². The Morgan fingerprint density at radius 3 is 2.89 bits per heavy atom. The lowest BCUT2D eigenvalue weighted by atomic mass is 10.2. The Morgan fingerprint density at radius 2 is 2.16 bits per heavy atom. The van der Waals surface area contributed by atoms with E-state index in [1.165, 1.54) is 16.8 Å². The molecule has 3 heterocycles. The van der Waals surface area contributed by atoms with Gasteiger partial charge in [0, 0.05) is 24.8 Å². The molecule has 0 spiro atoms. The minimum Gasteiger partial charge on any atom is -0.365 e. The molecule has 3 aromatic heterocycles. The van der Waals surface area contributed by atoms with Crippen LogP contribution in [0.15, 0.2) is 17.9 Å². The molecule has 0 amide bonds. The minimum absolute atomic E-state index is 0.725. The molecule has 0 atom stereocenters. The Labute approximate surface area is 115 Å². The van der Waals surface area contributed by atoms with Crippen LogP contribution in [0.3, 0.4) is 0 Å². The average molecular weight is 273 g/mol. The number of aromatic nitrogens is 4. The summed E-state index contributed by atoms with van der Waals surface area (Å²) in [5, 5.41) is 9.73. The number of rotatable bonds is 3. The van der Waals surface area contributed by atoms with Crippen LogP contribution in [-0.4, -0.2) is 19.7 Å². The topological polar surface area (TPSA) is 55.6 Å². The summed E-state index contributed by atoms with van der Waals surface area (Å²) in [6.07, 6.45) is 3.50. The second-order valence-electron chi connectivity index (χ2n) is 4.55. The summed E-state index contributed by atoms with van der Waals surface area (Å²) in [6, 6.07) is 0. The lowest BCUT2D eigenvalue weighted by molar-refractivity contribution is 0.738. The maximum Gasteiger partial charge on any atom is 0.147 e. The molecule has 5 nitrogen and oxygen atoms in total. The highest BCUT2D eigenvalue weighted by Gasteiger charge is 2.09. The van der Waals surface area contributed by atoms with Crippen molar-refractivity contribution in [2.45, 2.75) is 20.4 Å². The molecule has 1 N–H and O–H groups in total. The Balaban J connectivity index is 1.88. The van der Waals surface area contributed by atoms with Crippen molar-refractivity contribution in [2.24, 2.45) is 7.05 Å². The van der Waals surface area contributed by atoms with E-state index >= 15 is 0 Å². The molecule has 0 saturated heterocycles. The third-order valence-corrected chi connectivity index (χ3v) is 4.41. The van der Waals surface area contributed by atoms with Crippen molar-refractivity contribution in [3.05, 3.63) is 34.7 Å². The molecule has 0 saturated carbocycles. The summed E-state index contributed by atoms with van der Waals surface area (Å²) in [6.45, 7) is 4.86. The third-order valence-electron chi connectivity index (χ3n) is 3.31. The van der Waals surface area contributed by atoms with Gasteiger partial charge in [-0.15, -0.1) is 11.3 Å². The van der Waals surface area contributed by atoms with E-state index in [0.717, 1.165) is 22.6 Å². The van der Waals surface area contributed by atoms with Gasteiger partial charge in [-0.05, 0) is 24.8 Å². The van der Waals surface area contributed by atoms with Crippen molar-refractivity contribution in [3.8, 4) is 0 Å². The molecular formula is C13H15N5S. The number of hydrogen-bond donors (Lipinski definition) is 1. The Bertz CT molecular complexity index is 728. The van der Waals surface area contributed by atoms with Gasteiger partial charge in [0.2, 0.25) is 0 Å². The van der Waals surface area contributed by atoms with E-state index in [9.17, 15) is 0 Å². The highest BCUT2D eigenvalue weighted by atomic mass is 32.1. The van der Waals surface area contributed by atoms with Gasteiger partial charge in [-0.3, -0.25) is 4.68 Å². The van der Waals surface area contributed by atoms with E-state index < -0.39 is 0 Å². The van der Waals surface area contributed by atoms with E-state index in [2.05, 4.69) is 39.6 Å². The molecule has 98 valence electrons. The van der Waals surface area contributed by atoms with Gasteiger partial charge in [0.1, 0.15) is 12.1 Å². The second kappa shape index (κ2) is 4.62. The maximum absolute atomic E-state index is 4.33. The Morgan fingerprint density at radius 1 is 1.32 bits per heavy atom. The molecule has 0 fully saturated rings. The second-order valence-corrected chi connectivity index (χ2v) is 5.43. The van der Waals surface area contributed by atoms with Crippen molar-refractivity contribution >= 4 is 27.4 Å². The monoisotopic (exact) mass is 273 g/mol. The quantitative estimate of drug-likeness (QED) is 0.797. The summed E-state index contributed by atoms with van der Waals surface area (Å²) >= 11 is 1.68. The first-order valence-corrected chi connectivity index (χ1v) is 6.95. The Hall–Kier alpha value is -1.95. The predicted octanol–water partition coefficient (Wildman–Crippen LogP) is 2.65. The van der Waals surface area contributed by atoms with Gasteiger partial charge in [0.15, 0.2) is 0 Å². The van der Waals surface area contributed by atoms with Crippen LogP contribution in [0.1, 0.15) is 16.8 Å². The number of anilines is 1. The Kier molecular flexibility index (Phi) is 2.94. The van der Waals surface area contributed by atoms with Crippen molar-refractivity contribution in [2.75, 3.05) is 5.32 Å². The summed E-state index contributed by atoms with van der Waals surface area (Å²) in [5.41, 5.74) is 4.58. The lowest BCUT2D eigenvalue weighted by Gasteiger charge is -2.06. The zero-order valence-corrected chi connectivity index (χ0v) is 12.0. The largest absolute Gasteiger partial charge is 0.365 e. The molecular weight excluding hydrogens is 258 g/mol. The van der Waals surface area contributed by atoms with Gasteiger partial charge in [-0.1, -0.05) is 0 Å². The first-order valence-electron chi connectivity index (χ1n) is 6.07. The molecule has 6 heteroatoms. The fourth-order valence-corrected chi connectivity index (χ4v) is 2.96. The number of thiophene rings is 1. The van der Waals surface area contributed by atoms with Crippen LogP contribution in [0.25, 0.3) is 10.2 Å². The number of nitrogens with one attached hydrogen (secondary N) is 1. The first kappa shape index (κ1) is 12.1. The van der Waals surface area contributed by atoms with E-state index in [4.69, 9.17) is 0 Å². The van der Waals surface area contributed by atoms with Gasteiger partial charge < -0.3 is 5.32 Å². The molecule has 3 rings (SSSR count). The van der Waals surface area contributed by atoms with Crippen LogP contribution in [0.5, 0.6) is 0 Å². The van der Waals surface area contributed by atoms with E-state index in [0.29, 0.717) is 0 Å². The van der Waals surface area contributed by atoms with Gasteiger partial charge >= 0.3 is 0 Å². The standard InChI is InChI=1S/C13H15N5S/c1-8-6-19-12-11(8)15-7-16-13(12)14-4-10-5-17-18(3)9(10)2/h5-7H,4H2,1-3H3,(H,14,15,16). The number of aryl methyl sites for hydroxylation is 2. The molecule has 0 aliphatic rings. The van der Waals surface area contributed by atoms with Crippen LogP contribution in [-0.2, 0) is 13.6 Å². The van der Waals surface area contributed by atoms with E-state index in [-0.39, 0.29) is 0 Å². The zero-order valence-electron chi connectivity index (χ0n) is 11.1. The molecule has 0 aromatic carbocycles. The summed E-state index contributed by atoms with van der Waals surface area (Å²) in [5.74, 6) is 0.895. The molecule has 0 bridgehead atoms. The molecule has 0 aliphatic heterocycles. The predicted molar refractivity (Wildman–Crippen MR) is 77.4 cm³/mol. The fourth-order valence-electron chi connectivity index (χ4n) is 1.99. The number of fused-ring (bicyclic) bond motifs is 1. The fraction of sp³-hybridized carbons (Fsp3) is 0.308. The van der Waals surface area contributed by atoms with Gasteiger partial charge in [0.25, 0.3) is 0 Å². The number of nitrogens with zero attached hydrogens (tertiary/aromatic N) is 4. The molecule has 19 heavy (non-hydrogen) atoms. The van der Waals surface area contributed by atoms with Crippen LogP contribution in [0.4, 0.5) is 5.82 Å². The van der Waals surface area contributed by atoms with Crippen LogP contribution >= 0.6 is 11.3 Å². The summed E-state index contributed by atoms with van der Waals surface area (Å²) in [7, 11) is 1.95. The molecule has 3 aromatic rings. The van der Waals surface area contributed by atoms with Crippen LogP contribution < -0.4 is 5.32 Å². The highest BCUT2D eigenvalue weighted by molar-refractivity contribution is 7.18. The average Bonchev–Trinajstić information content (AvgIpc) is 2.94. The first-order chi connectivity index (χ1) is 9.16. The smallest absolute Gasteiger partial charge is 0.147 e. The third kappa shape index (κ3) is 2.08. The van der Waals surface area contributed by atoms with Crippen molar-refractivity contribution < 1.29 is 0 Å². The summed E-state index contributed by atoms with van der Waals surface area (Å²) < 4.78 is 2.99. The van der Waals surface area contributed by atoms with Crippen molar-refractivity contribution in [3.63, 3.8) is 0 Å². The van der Waals surface area contributed by atoms with Gasteiger partial charge in [-0.2, -0.15) is 5.10 Å². The SMILES string of the molecule is Cc1csc2c(NCc3cnn(C)c3C)ncnc12. The van der Waals surface area contributed by atoms with E-state index in [1.54, 1.807) is 17.7 Å². The minimum atomic E-state index is 0.725. The summed E-state index contributed by atoms with van der Waals surface area (Å²) in [4.78, 5) is 8.65. The zero-order chi connectivity index (χ0) is 13.4. The lowest BCUT2D eigenvalue weighted by Crippen LogP contribution is -2.03. The molecule has 0 unspecified atom stereocenters. The van der Waals surface area contributed by atoms with E-state index in [1.807, 2.05) is 17.9 Å². The van der Waals surface area contributed by atoms with Crippen LogP contribution in [0, 0.1) is 13.8 Å². The molecule has 0 radical (unpaired) electrons. The maximum atomic E-state index is 4.33. The molecule has 0 aliphatic carbocycles. The number of hydrogen-bond acceptors (Lipinski definition) is 5.